The van der Waals surface area contributed by atoms with Gasteiger partial charge in [-0.25, -0.2) is 8.78 Å². The van der Waals surface area contributed by atoms with Crippen LogP contribution in [0.25, 0.3) is 0 Å². The average Bonchev–Trinajstić information content (AvgIpc) is 2.45. The number of anilines is 1. The summed E-state index contributed by atoms with van der Waals surface area (Å²) in [6.07, 6.45) is 0. The summed E-state index contributed by atoms with van der Waals surface area (Å²) in [5, 5.41) is 0. The summed E-state index contributed by atoms with van der Waals surface area (Å²) in [6.45, 7) is 3.67. The minimum atomic E-state index is -0.808. The maximum atomic E-state index is 13.7. The van der Waals surface area contributed by atoms with E-state index < -0.39 is 11.6 Å². The molecule has 20 heavy (non-hydrogen) atoms. The van der Waals surface area contributed by atoms with Crippen molar-refractivity contribution in [2.45, 2.75) is 20.0 Å². The second-order valence-corrected chi connectivity index (χ2v) is 4.72. The number of benzene rings is 2. The highest BCUT2D eigenvalue weighted by atomic mass is 19.2. The lowest BCUT2D eigenvalue weighted by molar-refractivity contribution is 0.266. The summed E-state index contributed by atoms with van der Waals surface area (Å²) < 4.78 is 26.9. The molecule has 2 N–H and O–H groups in total. The number of nitrogens with two attached hydrogens (primary N) is 1. The molecule has 0 spiro atoms. The van der Waals surface area contributed by atoms with Crippen LogP contribution in [0.1, 0.15) is 18.1 Å². The third kappa shape index (κ3) is 3.33. The topological polar surface area (TPSA) is 29.3 Å². The second-order valence-electron chi connectivity index (χ2n) is 4.72. The molecule has 4 heteroatoms. The van der Waals surface area contributed by atoms with E-state index in [9.17, 15) is 8.78 Å². The van der Waals surface area contributed by atoms with Crippen LogP contribution < -0.4 is 5.73 Å². The first-order valence-electron chi connectivity index (χ1n) is 6.60. The molecule has 0 fully saturated rings. The summed E-state index contributed by atoms with van der Waals surface area (Å²) in [5.41, 5.74) is 7.98. The second kappa shape index (κ2) is 6.48. The van der Waals surface area contributed by atoms with Gasteiger partial charge in [-0.1, -0.05) is 37.3 Å². The molecule has 2 aromatic carbocycles. The summed E-state index contributed by atoms with van der Waals surface area (Å²) in [7, 11) is 0. The molecule has 106 valence electrons. The van der Waals surface area contributed by atoms with Crippen molar-refractivity contribution in [1.82, 2.24) is 4.90 Å². The maximum absolute atomic E-state index is 13.7. The van der Waals surface area contributed by atoms with Gasteiger partial charge in [0.1, 0.15) is 0 Å². The smallest absolute Gasteiger partial charge is 0.163 e. The van der Waals surface area contributed by atoms with Crippen molar-refractivity contribution in [2.24, 2.45) is 0 Å². The van der Waals surface area contributed by atoms with Gasteiger partial charge in [0.25, 0.3) is 0 Å². The quantitative estimate of drug-likeness (QED) is 0.846. The highest BCUT2D eigenvalue weighted by Crippen LogP contribution is 2.17. The molecule has 0 radical (unpaired) electrons. The van der Waals surface area contributed by atoms with Crippen LogP contribution in [0.5, 0.6) is 0 Å². The average molecular weight is 276 g/mol. The minimum absolute atomic E-state index is 0.356. The molecule has 2 nitrogen and oxygen atoms in total. The first-order chi connectivity index (χ1) is 9.61. The van der Waals surface area contributed by atoms with Gasteiger partial charge >= 0.3 is 0 Å². The molecule has 0 saturated heterocycles. The normalized spacial score (nSPS) is 11.0. The molecule has 0 aliphatic carbocycles. The summed E-state index contributed by atoms with van der Waals surface area (Å²) in [6, 6.07) is 11.8. The van der Waals surface area contributed by atoms with E-state index in [1.165, 1.54) is 6.07 Å². The van der Waals surface area contributed by atoms with Gasteiger partial charge in [-0.05, 0) is 24.2 Å². The fraction of sp³-hybridized carbons (Fsp3) is 0.250. The summed E-state index contributed by atoms with van der Waals surface area (Å²) >= 11 is 0. The molecule has 0 aromatic heterocycles. The lowest BCUT2D eigenvalue weighted by Gasteiger charge is -2.21. The van der Waals surface area contributed by atoms with Gasteiger partial charge in [-0.3, -0.25) is 4.90 Å². The largest absolute Gasteiger partial charge is 0.398 e. The third-order valence-corrected chi connectivity index (χ3v) is 3.32. The van der Waals surface area contributed by atoms with Crippen molar-refractivity contribution in [3.05, 3.63) is 65.2 Å². The van der Waals surface area contributed by atoms with Gasteiger partial charge in [0.2, 0.25) is 0 Å². The van der Waals surface area contributed by atoms with Crippen LogP contribution in [0.2, 0.25) is 0 Å². The Morgan fingerprint density at radius 3 is 2.30 bits per heavy atom. The number of nitrogen functional groups attached to an aromatic ring is 1. The van der Waals surface area contributed by atoms with Crippen LogP contribution in [0.15, 0.2) is 42.5 Å². The fourth-order valence-electron chi connectivity index (χ4n) is 2.11. The molecule has 0 unspecified atom stereocenters. The SMILES string of the molecule is CCN(Cc1ccccc1N)Cc1cccc(F)c1F. The Labute approximate surface area is 117 Å². The standard InChI is InChI=1S/C16H18F2N2/c1-2-20(10-12-6-3-4-9-15(12)19)11-13-7-5-8-14(17)16(13)18/h3-9H,2,10-11,19H2,1H3. The number of hydrogen-bond donors (Lipinski definition) is 1. The van der Waals surface area contributed by atoms with Crippen LogP contribution in [0.4, 0.5) is 14.5 Å². The molecule has 0 aliphatic heterocycles. The van der Waals surface area contributed by atoms with Gasteiger partial charge < -0.3 is 5.73 Å². The van der Waals surface area contributed by atoms with Gasteiger partial charge in [0, 0.05) is 24.3 Å². The van der Waals surface area contributed by atoms with Crippen LogP contribution in [0.3, 0.4) is 0 Å². The van der Waals surface area contributed by atoms with Crippen LogP contribution in [0, 0.1) is 11.6 Å². The molecule has 0 heterocycles. The van der Waals surface area contributed by atoms with E-state index >= 15 is 0 Å². The highest BCUT2D eigenvalue weighted by molar-refractivity contribution is 5.46. The molecule has 2 rings (SSSR count). The predicted octanol–water partition coefficient (Wildman–Crippen LogP) is 3.57. The lowest BCUT2D eigenvalue weighted by atomic mass is 10.1. The van der Waals surface area contributed by atoms with Gasteiger partial charge in [0.15, 0.2) is 11.6 Å². The first-order valence-corrected chi connectivity index (χ1v) is 6.60. The third-order valence-electron chi connectivity index (χ3n) is 3.32. The Hall–Kier alpha value is -1.94. The summed E-state index contributed by atoms with van der Waals surface area (Å²) in [4.78, 5) is 2.02. The van der Waals surface area contributed by atoms with E-state index in [0.717, 1.165) is 18.2 Å². The van der Waals surface area contributed by atoms with Crippen molar-refractivity contribution in [1.29, 1.82) is 0 Å². The monoisotopic (exact) mass is 276 g/mol. The first kappa shape index (κ1) is 14.5. The van der Waals surface area contributed by atoms with E-state index in [2.05, 4.69) is 0 Å². The van der Waals surface area contributed by atoms with Gasteiger partial charge in [0.05, 0.1) is 0 Å². The zero-order chi connectivity index (χ0) is 14.5. The Bertz CT molecular complexity index is 584. The Kier molecular flexibility index (Phi) is 4.69. The number of para-hydroxylation sites is 1. The van der Waals surface area contributed by atoms with Crippen molar-refractivity contribution < 1.29 is 8.78 Å². The molecular formula is C16H18F2N2. The van der Waals surface area contributed by atoms with E-state index in [-0.39, 0.29) is 0 Å². The van der Waals surface area contributed by atoms with E-state index in [4.69, 9.17) is 5.73 Å². The molecule has 0 amide bonds. The molecule has 2 aromatic rings. The fourth-order valence-corrected chi connectivity index (χ4v) is 2.11. The highest BCUT2D eigenvalue weighted by Gasteiger charge is 2.12. The maximum Gasteiger partial charge on any atom is 0.163 e. The van der Waals surface area contributed by atoms with E-state index in [1.807, 2.05) is 36.1 Å². The van der Waals surface area contributed by atoms with E-state index in [0.29, 0.717) is 24.3 Å². The number of nitrogens with zero attached hydrogens (tertiary/aromatic N) is 1. The summed E-state index contributed by atoms with van der Waals surface area (Å²) in [5.74, 6) is -1.58. The van der Waals surface area contributed by atoms with Crippen molar-refractivity contribution >= 4 is 5.69 Å². The molecule has 0 atom stereocenters. The van der Waals surface area contributed by atoms with E-state index in [1.54, 1.807) is 6.07 Å². The van der Waals surface area contributed by atoms with Crippen molar-refractivity contribution in [3.63, 3.8) is 0 Å². The molecule has 0 saturated carbocycles. The van der Waals surface area contributed by atoms with Crippen molar-refractivity contribution in [3.8, 4) is 0 Å². The molecule has 0 bridgehead atoms. The Morgan fingerprint density at radius 2 is 1.60 bits per heavy atom. The van der Waals surface area contributed by atoms with Crippen LogP contribution in [-0.4, -0.2) is 11.4 Å². The Morgan fingerprint density at radius 1 is 0.950 bits per heavy atom. The van der Waals surface area contributed by atoms with Crippen molar-refractivity contribution in [2.75, 3.05) is 12.3 Å². The van der Waals surface area contributed by atoms with Crippen LogP contribution >= 0.6 is 0 Å². The zero-order valence-corrected chi connectivity index (χ0v) is 11.4. The van der Waals surface area contributed by atoms with Gasteiger partial charge in [-0.15, -0.1) is 0 Å². The zero-order valence-electron chi connectivity index (χ0n) is 11.4. The molecule has 0 aliphatic rings. The number of halogens is 2. The van der Waals surface area contributed by atoms with Crippen LogP contribution in [-0.2, 0) is 13.1 Å². The number of rotatable bonds is 5. The molecular weight excluding hydrogens is 258 g/mol. The number of hydrogen-bond acceptors (Lipinski definition) is 2. The Balaban J connectivity index is 2.14. The minimum Gasteiger partial charge on any atom is -0.398 e. The van der Waals surface area contributed by atoms with Gasteiger partial charge in [-0.2, -0.15) is 0 Å². The predicted molar refractivity (Wildman–Crippen MR) is 77.0 cm³/mol. The lowest BCUT2D eigenvalue weighted by Crippen LogP contribution is -2.23.